The third kappa shape index (κ3) is 4.81. The van der Waals surface area contributed by atoms with Gasteiger partial charge >= 0.3 is 6.18 Å². The summed E-state index contributed by atoms with van der Waals surface area (Å²) in [6.45, 7) is -0.0851. The van der Waals surface area contributed by atoms with E-state index in [-0.39, 0.29) is 42.0 Å². The van der Waals surface area contributed by atoms with E-state index in [0.29, 0.717) is 30.3 Å². The smallest absolute Gasteiger partial charge is 0.419 e. The summed E-state index contributed by atoms with van der Waals surface area (Å²) >= 11 is 0. The first-order chi connectivity index (χ1) is 16.7. The highest BCUT2D eigenvalue weighted by Gasteiger charge is 2.48. The standard InChI is InChI=1S/C24H27F4N3O4/c1-33-12-34-20-9-16(24(26,27)28)17(25)8-13(20)21-14-10-23(6-7-23)35-11-15(14)22(31-30-21)29-18-4-2-3-5-19(18)32/h8-9,18-19,32H,2-7,10-12H2,1H3,(H,29,31)/t18-,19-/m1/s1. The van der Waals surface area contributed by atoms with Gasteiger partial charge in [-0.1, -0.05) is 12.8 Å². The Morgan fingerprint density at radius 3 is 2.63 bits per heavy atom. The number of hydrogen-bond donors (Lipinski definition) is 2. The molecule has 0 bridgehead atoms. The number of alkyl halides is 3. The second-order valence-electron chi connectivity index (χ2n) is 9.48. The zero-order valence-electron chi connectivity index (χ0n) is 19.3. The molecule has 0 saturated heterocycles. The zero-order chi connectivity index (χ0) is 24.8. The van der Waals surface area contributed by atoms with Gasteiger partial charge in [-0.15, -0.1) is 10.2 Å². The van der Waals surface area contributed by atoms with Crippen molar-refractivity contribution < 1.29 is 36.9 Å². The average molecular weight is 497 g/mol. The Morgan fingerprint density at radius 2 is 1.94 bits per heavy atom. The van der Waals surface area contributed by atoms with Gasteiger partial charge in [0.15, 0.2) is 12.6 Å². The van der Waals surface area contributed by atoms with E-state index in [1.807, 2.05) is 0 Å². The van der Waals surface area contributed by atoms with Crippen molar-refractivity contribution in [3.8, 4) is 17.0 Å². The highest BCUT2D eigenvalue weighted by atomic mass is 19.4. The number of methoxy groups -OCH3 is 1. The molecule has 0 radical (unpaired) electrons. The van der Waals surface area contributed by atoms with Crippen molar-refractivity contribution in [1.82, 2.24) is 10.2 Å². The number of fused-ring (bicyclic) bond motifs is 1. The van der Waals surface area contributed by atoms with Gasteiger partial charge < -0.3 is 24.6 Å². The molecule has 0 unspecified atom stereocenters. The summed E-state index contributed by atoms with van der Waals surface area (Å²) in [5, 5.41) is 22.3. The van der Waals surface area contributed by atoms with Gasteiger partial charge in [0.05, 0.1) is 29.9 Å². The number of benzene rings is 1. The summed E-state index contributed by atoms with van der Waals surface area (Å²) in [6.07, 6.45) is 0.183. The fourth-order valence-electron chi connectivity index (χ4n) is 4.90. The van der Waals surface area contributed by atoms with Gasteiger partial charge in [0, 0.05) is 24.7 Å². The lowest BCUT2D eigenvalue weighted by Crippen LogP contribution is -2.37. The minimum atomic E-state index is -4.89. The largest absolute Gasteiger partial charge is 0.467 e. The van der Waals surface area contributed by atoms with Gasteiger partial charge in [-0.2, -0.15) is 13.2 Å². The molecule has 7 nitrogen and oxygen atoms in total. The molecule has 3 aliphatic rings. The van der Waals surface area contributed by atoms with Crippen LogP contribution in [-0.2, 0) is 28.7 Å². The van der Waals surface area contributed by atoms with Crippen LogP contribution in [0.2, 0.25) is 0 Å². The van der Waals surface area contributed by atoms with E-state index in [1.54, 1.807) is 0 Å². The Balaban J connectivity index is 1.60. The molecule has 1 aliphatic heterocycles. The molecule has 1 aromatic carbocycles. The minimum absolute atomic E-state index is 0.0678. The van der Waals surface area contributed by atoms with Crippen molar-refractivity contribution in [1.29, 1.82) is 0 Å². The number of rotatable bonds is 6. The Labute approximate surface area is 199 Å². The van der Waals surface area contributed by atoms with E-state index < -0.39 is 23.7 Å². The van der Waals surface area contributed by atoms with Gasteiger partial charge in [-0.05, 0) is 43.4 Å². The van der Waals surface area contributed by atoms with Crippen LogP contribution in [0.15, 0.2) is 12.1 Å². The van der Waals surface area contributed by atoms with Gasteiger partial charge in [0.2, 0.25) is 0 Å². The number of nitrogens with one attached hydrogen (secondary N) is 1. The molecule has 2 atom stereocenters. The molecule has 5 rings (SSSR count). The quantitative estimate of drug-likeness (QED) is 0.446. The topological polar surface area (TPSA) is 85.7 Å². The second-order valence-corrected chi connectivity index (χ2v) is 9.48. The minimum Gasteiger partial charge on any atom is -0.467 e. The number of anilines is 1. The summed E-state index contributed by atoms with van der Waals surface area (Å²) in [7, 11) is 1.34. The predicted molar refractivity (Wildman–Crippen MR) is 117 cm³/mol. The van der Waals surface area contributed by atoms with Crippen LogP contribution >= 0.6 is 0 Å². The summed E-state index contributed by atoms with van der Waals surface area (Å²) in [5.74, 6) is -1.15. The zero-order valence-corrected chi connectivity index (χ0v) is 19.3. The molecule has 2 N–H and O–H groups in total. The molecule has 2 heterocycles. The van der Waals surface area contributed by atoms with Crippen LogP contribution in [0.1, 0.15) is 55.2 Å². The van der Waals surface area contributed by atoms with E-state index in [9.17, 15) is 22.7 Å². The average Bonchev–Trinajstić information content (AvgIpc) is 3.57. The van der Waals surface area contributed by atoms with Crippen molar-refractivity contribution in [2.75, 3.05) is 19.2 Å². The van der Waals surface area contributed by atoms with Crippen molar-refractivity contribution >= 4 is 5.82 Å². The number of halogens is 4. The predicted octanol–water partition coefficient (Wildman–Crippen LogP) is 4.60. The molecular formula is C24H27F4N3O4. The molecule has 1 aromatic heterocycles. The molecule has 190 valence electrons. The van der Waals surface area contributed by atoms with Crippen molar-refractivity contribution in [2.24, 2.45) is 0 Å². The Kier molecular flexibility index (Phi) is 6.35. The number of aromatic nitrogens is 2. The molecule has 2 aromatic rings. The molecule has 2 saturated carbocycles. The van der Waals surface area contributed by atoms with Crippen molar-refractivity contribution in [2.45, 2.75) is 75.5 Å². The maximum Gasteiger partial charge on any atom is 0.419 e. The highest BCUT2D eigenvalue weighted by Crippen LogP contribution is 2.50. The van der Waals surface area contributed by atoms with E-state index in [1.165, 1.54) is 7.11 Å². The normalized spacial score (nSPS) is 23.1. The number of nitrogens with zero attached hydrogens (tertiary/aromatic N) is 2. The summed E-state index contributed by atoms with van der Waals surface area (Å²) in [5.41, 5.74) is -0.00644. The fraction of sp³-hybridized carbons (Fsp3) is 0.583. The van der Waals surface area contributed by atoms with Crippen LogP contribution in [-0.4, -0.2) is 47.0 Å². The first-order valence-electron chi connectivity index (χ1n) is 11.7. The van der Waals surface area contributed by atoms with Crippen LogP contribution in [0.25, 0.3) is 11.3 Å². The van der Waals surface area contributed by atoms with Crippen LogP contribution in [0.3, 0.4) is 0 Å². The number of ether oxygens (including phenoxy) is 3. The van der Waals surface area contributed by atoms with Crippen LogP contribution < -0.4 is 10.1 Å². The Morgan fingerprint density at radius 1 is 1.17 bits per heavy atom. The summed E-state index contributed by atoms with van der Waals surface area (Å²) in [6, 6.07) is 1.24. The molecular weight excluding hydrogens is 470 g/mol. The van der Waals surface area contributed by atoms with Gasteiger partial charge in [-0.25, -0.2) is 4.39 Å². The fourth-order valence-corrected chi connectivity index (χ4v) is 4.90. The third-order valence-electron chi connectivity index (χ3n) is 7.03. The van der Waals surface area contributed by atoms with E-state index in [2.05, 4.69) is 15.5 Å². The SMILES string of the molecule is COCOc1cc(C(F)(F)F)c(F)cc1-c1nnc(N[C@@H]2CCCC[C@H]2O)c2c1CC1(CC1)OC2. The first kappa shape index (κ1) is 24.2. The lowest BCUT2D eigenvalue weighted by atomic mass is 9.91. The molecule has 2 aliphatic carbocycles. The van der Waals surface area contributed by atoms with Crippen LogP contribution in [0, 0.1) is 5.82 Å². The molecule has 0 amide bonds. The van der Waals surface area contributed by atoms with E-state index in [4.69, 9.17) is 14.2 Å². The lowest BCUT2D eigenvalue weighted by Gasteiger charge is -2.32. The number of hydrogen-bond acceptors (Lipinski definition) is 7. The summed E-state index contributed by atoms with van der Waals surface area (Å²) in [4.78, 5) is 0. The molecule has 1 spiro atoms. The van der Waals surface area contributed by atoms with Crippen molar-refractivity contribution in [3.63, 3.8) is 0 Å². The maximum absolute atomic E-state index is 14.6. The molecule has 2 fully saturated rings. The van der Waals surface area contributed by atoms with Crippen molar-refractivity contribution in [3.05, 3.63) is 34.6 Å². The van der Waals surface area contributed by atoms with Crippen LogP contribution in [0.5, 0.6) is 5.75 Å². The Hall–Kier alpha value is -2.50. The first-order valence-corrected chi connectivity index (χ1v) is 11.7. The number of aliphatic hydroxyl groups is 1. The van der Waals surface area contributed by atoms with Gasteiger partial charge in [-0.3, -0.25) is 0 Å². The monoisotopic (exact) mass is 497 g/mol. The summed E-state index contributed by atoms with van der Waals surface area (Å²) < 4.78 is 71.2. The van der Waals surface area contributed by atoms with E-state index in [0.717, 1.165) is 43.7 Å². The van der Waals surface area contributed by atoms with Crippen LogP contribution in [0.4, 0.5) is 23.4 Å². The molecule has 11 heteroatoms. The lowest BCUT2D eigenvalue weighted by molar-refractivity contribution is -0.140. The maximum atomic E-state index is 14.6. The van der Waals surface area contributed by atoms with Gasteiger partial charge in [0.1, 0.15) is 17.3 Å². The second kappa shape index (κ2) is 9.18. The van der Waals surface area contributed by atoms with E-state index >= 15 is 0 Å². The van der Waals surface area contributed by atoms with Gasteiger partial charge in [0.25, 0.3) is 0 Å². The Bertz CT molecular complexity index is 1110. The number of aliphatic hydroxyl groups excluding tert-OH is 1. The highest BCUT2D eigenvalue weighted by molar-refractivity contribution is 5.74. The third-order valence-corrected chi connectivity index (χ3v) is 7.03. The molecule has 35 heavy (non-hydrogen) atoms.